The number of hydrogen-bond donors (Lipinski definition) is 1. The van der Waals surface area contributed by atoms with Gasteiger partial charge in [0.15, 0.2) is 11.5 Å². The topological polar surface area (TPSA) is 30.5 Å². The first kappa shape index (κ1) is 15.5. The lowest BCUT2D eigenvalue weighted by Gasteiger charge is -2.29. The van der Waals surface area contributed by atoms with Gasteiger partial charge in [0.2, 0.25) is 0 Å². The number of rotatable bonds is 3. The number of methoxy groups -OCH3 is 2. The van der Waals surface area contributed by atoms with Gasteiger partial charge in [0.1, 0.15) is 0 Å². The molecule has 0 aliphatic carbocycles. The molecule has 5 heteroatoms. The van der Waals surface area contributed by atoms with Gasteiger partial charge in [0.25, 0.3) is 0 Å². The third-order valence-electron chi connectivity index (χ3n) is 3.99. The highest BCUT2D eigenvalue weighted by Crippen LogP contribution is 2.40. The van der Waals surface area contributed by atoms with Gasteiger partial charge in [-0.05, 0) is 41.3 Å². The molecule has 1 aliphatic rings. The molecule has 0 spiro atoms. The summed E-state index contributed by atoms with van der Waals surface area (Å²) in [5.74, 6) is 1.46. The lowest BCUT2D eigenvalue weighted by Crippen LogP contribution is -2.30. The Morgan fingerprint density at radius 2 is 1.77 bits per heavy atom. The summed E-state index contributed by atoms with van der Waals surface area (Å²) in [6.07, 6.45) is 0.935. The molecule has 0 saturated carbocycles. The smallest absolute Gasteiger partial charge is 0.161 e. The Bertz CT molecular complexity index is 703. The first-order chi connectivity index (χ1) is 10.7. The molecule has 2 aromatic rings. The maximum Gasteiger partial charge on any atom is 0.161 e. The van der Waals surface area contributed by atoms with Crippen LogP contribution < -0.4 is 14.8 Å². The molecule has 3 nitrogen and oxygen atoms in total. The van der Waals surface area contributed by atoms with Gasteiger partial charge < -0.3 is 14.8 Å². The standard InChI is InChI=1S/C17H17Cl2NO2/c1-21-14-8-10-6-7-20-17(12(10)9-15(14)22-2)11-4-3-5-13(18)16(11)19/h3-5,8-9,17,20H,6-7H2,1-2H3. The lowest BCUT2D eigenvalue weighted by atomic mass is 9.89. The van der Waals surface area contributed by atoms with E-state index in [1.807, 2.05) is 24.3 Å². The first-order valence-corrected chi connectivity index (χ1v) is 7.83. The number of ether oxygens (including phenoxy) is 2. The minimum absolute atomic E-state index is 0.00486. The zero-order chi connectivity index (χ0) is 15.7. The summed E-state index contributed by atoms with van der Waals surface area (Å²) in [5, 5.41) is 4.66. The normalized spacial score (nSPS) is 17.0. The zero-order valence-electron chi connectivity index (χ0n) is 12.5. The second-order valence-corrected chi connectivity index (χ2v) is 5.97. The molecule has 3 rings (SSSR count). The summed E-state index contributed by atoms with van der Waals surface area (Å²) >= 11 is 12.6. The Balaban J connectivity index is 2.13. The van der Waals surface area contributed by atoms with E-state index in [2.05, 4.69) is 5.32 Å². The van der Waals surface area contributed by atoms with Crippen molar-refractivity contribution in [3.05, 3.63) is 57.1 Å². The predicted molar refractivity (Wildman–Crippen MR) is 89.6 cm³/mol. The van der Waals surface area contributed by atoms with Crippen molar-refractivity contribution in [2.24, 2.45) is 0 Å². The Labute approximate surface area is 140 Å². The van der Waals surface area contributed by atoms with E-state index in [-0.39, 0.29) is 6.04 Å². The number of nitrogens with one attached hydrogen (secondary N) is 1. The summed E-state index contributed by atoms with van der Waals surface area (Å²) < 4.78 is 10.8. The third-order valence-corrected chi connectivity index (χ3v) is 4.83. The van der Waals surface area contributed by atoms with Crippen molar-refractivity contribution >= 4 is 23.2 Å². The Morgan fingerprint density at radius 3 is 2.50 bits per heavy atom. The van der Waals surface area contributed by atoms with Crippen LogP contribution in [0.1, 0.15) is 22.7 Å². The van der Waals surface area contributed by atoms with Gasteiger partial charge in [0, 0.05) is 6.54 Å². The van der Waals surface area contributed by atoms with Crippen molar-refractivity contribution in [2.45, 2.75) is 12.5 Å². The van der Waals surface area contributed by atoms with E-state index in [4.69, 9.17) is 32.7 Å². The maximum absolute atomic E-state index is 6.40. The van der Waals surface area contributed by atoms with Crippen molar-refractivity contribution in [1.82, 2.24) is 5.32 Å². The van der Waals surface area contributed by atoms with E-state index >= 15 is 0 Å². The van der Waals surface area contributed by atoms with Crippen LogP contribution in [0.5, 0.6) is 11.5 Å². The van der Waals surface area contributed by atoms with Crippen LogP contribution in [-0.4, -0.2) is 20.8 Å². The molecule has 0 aromatic heterocycles. The molecule has 0 amide bonds. The number of halogens is 2. The lowest BCUT2D eigenvalue weighted by molar-refractivity contribution is 0.353. The number of hydrogen-bond acceptors (Lipinski definition) is 3. The van der Waals surface area contributed by atoms with Crippen LogP contribution in [0.3, 0.4) is 0 Å². The molecule has 1 atom stereocenters. The molecular weight excluding hydrogens is 321 g/mol. The van der Waals surface area contributed by atoms with Crippen molar-refractivity contribution in [1.29, 1.82) is 0 Å². The van der Waals surface area contributed by atoms with E-state index < -0.39 is 0 Å². The zero-order valence-corrected chi connectivity index (χ0v) is 14.0. The average Bonchev–Trinajstić information content (AvgIpc) is 2.55. The molecule has 1 N–H and O–H groups in total. The van der Waals surface area contributed by atoms with Crippen LogP contribution in [0.25, 0.3) is 0 Å². The van der Waals surface area contributed by atoms with Crippen molar-refractivity contribution in [2.75, 3.05) is 20.8 Å². The highest BCUT2D eigenvalue weighted by Gasteiger charge is 2.25. The van der Waals surface area contributed by atoms with Crippen molar-refractivity contribution < 1.29 is 9.47 Å². The molecule has 2 aromatic carbocycles. The van der Waals surface area contributed by atoms with Crippen LogP contribution >= 0.6 is 23.2 Å². The quantitative estimate of drug-likeness (QED) is 0.908. The summed E-state index contributed by atoms with van der Waals surface area (Å²) in [7, 11) is 3.29. The maximum atomic E-state index is 6.40. The van der Waals surface area contributed by atoms with E-state index in [9.17, 15) is 0 Å². The molecule has 0 bridgehead atoms. The van der Waals surface area contributed by atoms with Gasteiger partial charge in [-0.15, -0.1) is 0 Å². The van der Waals surface area contributed by atoms with Gasteiger partial charge in [0.05, 0.1) is 30.3 Å². The monoisotopic (exact) mass is 337 g/mol. The second kappa shape index (κ2) is 6.37. The van der Waals surface area contributed by atoms with E-state index in [0.29, 0.717) is 15.8 Å². The third kappa shape index (κ3) is 2.65. The Kier molecular flexibility index (Phi) is 4.48. The SMILES string of the molecule is COc1cc2c(cc1OC)C(c1cccc(Cl)c1Cl)NCC2. The van der Waals surface area contributed by atoms with Crippen molar-refractivity contribution in [3.63, 3.8) is 0 Å². The first-order valence-electron chi connectivity index (χ1n) is 7.07. The molecule has 1 aliphatic heterocycles. The number of benzene rings is 2. The van der Waals surface area contributed by atoms with Gasteiger partial charge in [-0.3, -0.25) is 0 Å². The van der Waals surface area contributed by atoms with Crippen LogP contribution in [-0.2, 0) is 6.42 Å². The fourth-order valence-corrected chi connectivity index (χ4v) is 3.32. The predicted octanol–water partition coefficient (Wildman–Crippen LogP) is 4.25. The van der Waals surface area contributed by atoms with Gasteiger partial charge in [-0.25, -0.2) is 0 Å². The van der Waals surface area contributed by atoms with Crippen LogP contribution in [0.4, 0.5) is 0 Å². The molecule has 22 heavy (non-hydrogen) atoms. The van der Waals surface area contributed by atoms with Crippen LogP contribution in [0, 0.1) is 0 Å². The molecule has 1 unspecified atom stereocenters. The summed E-state index contributed by atoms with van der Waals surface area (Å²) in [6.45, 7) is 0.871. The molecule has 0 fully saturated rings. The minimum atomic E-state index is -0.00486. The molecule has 0 saturated heterocycles. The van der Waals surface area contributed by atoms with E-state index in [1.165, 1.54) is 5.56 Å². The summed E-state index contributed by atoms with van der Waals surface area (Å²) in [6, 6.07) is 9.77. The fraction of sp³-hybridized carbons (Fsp3) is 0.294. The van der Waals surface area contributed by atoms with Crippen LogP contribution in [0.2, 0.25) is 10.0 Å². The van der Waals surface area contributed by atoms with Gasteiger partial charge in [-0.2, -0.15) is 0 Å². The molecule has 116 valence electrons. The van der Waals surface area contributed by atoms with E-state index in [0.717, 1.165) is 29.8 Å². The highest BCUT2D eigenvalue weighted by atomic mass is 35.5. The Hall–Kier alpha value is -1.42. The fourth-order valence-electron chi connectivity index (χ4n) is 2.90. The largest absolute Gasteiger partial charge is 0.493 e. The van der Waals surface area contributed by atoms with Crippen molar-refractivity contribution in [3.8, 4) is 11.5 Å². The van der Waals surface area contributed by atoms with Gasteiger partial charge >= 0.3 is 0 Å². The van der Waals surface area contributed by atoms with E-state index in [1.54, 1.807) is 20.3 Å². The average molecular weight is 338 g/mol. The molecular formula is C17H17Cl2NO2. The summed E-state index contributed by atoms with van der Waals surface area (Å²) in [4.78, 5) is 0. The molecule has 1 heterocycles. The second-order valence-electron chi connectivity index (χ2n) is 5.19. The summed E-state index contributed by atoms with van der Waals surface area (Å²) in [5.41, 5.74) is 3.35. The van der Waals surface area contributed by atoms with Gasteiger partial charge in [-0.1, -0.05) is 35.3 Å². The molecule has 0 radical (unpaired) electrons. The number of fused-ring (bicyclic) bond motifs is 1. The Morgan fingerprint density at radius 1 is 1.05 bits per heavy atom. The van der Waals surface area contributed by atoms with Crippen LogP contribution in [0.15, 0.2) is 30.3 Å². The highest BCUT2D eigenvalue weighted by molar-refractivity contribution is 6.42. The minimum Gasteiger partial charge on any atom is -0.493 e.